The molecule has 158 valence electrons. The molecule has 0 aromatic heterocycles. The Hall–Kier alpha value is -0.120. The van der Waals surface area contributed by atoms with Crippen molar-refractivity contribution in [3.05, 3.63) is 0 Å². The summed E-state index contributed by atoms with van der Waals surface area (Å²) < 4.78 is 0. The molecule has 0 rings (SSSR count). The molecule has 0 aliphatic carbocycles. The van der Waals surface area contributed by atoms with Crippen LogP contribution in [0.5, 0.6) is 0 Å². The molecular weight excluding hydrogens is 322 g/mol. The van der Waals surface area contributed by atoms with E-state index in [4.69, 9.17) is 15.9 Å². The average molecular weight is 372 g/mol. The Labute approximate surface area is 164 Å². The van der Waals surface area contributed by atoms with Crippen LogP contribution in [0.4, 0.5) is 0 Å². The predicted octanol–water partition coefficient (Wildman–Crippen LogP) is 5.96. The maximum absolute atomic E-state index is 9.08. The van der Waals surface area contributed by atoms with Crippen LogP contribution < -0.4 is 5.73 Å². The molecule has 1 unspecified atom stereocenters. The van der Waals surface area contributed by atoms with Crippen molar-refractivity contribution < 1.29 is 10.2 Å². The van der Waals surface area contributed by atoms with E-state index >= 15 is 0 Å². The molecule has 0 radical (unpaired) electrons. The topological polar surface area (TPSA) is 66.5 Å². The van der Waals surface area contributed by atoms with E-state index in [0.29, 0.717) is 0 Å². The lowest BCUT2D eigenvalue weighted by molar-refractivity contribution is 0.195. The van der Waals surface area contributed by atoms with Crippen molar-refractivity contribution in [2.75, 3.05) is 13.2 Å². The van der Waals surface area contributed by atoms with Gasteiger partial charge in [-0.15, -0.1) is 0 Å². The number of rotatable bonds is 21. The number of hydrogen-bond acceptors (Lipinski definition) is 3. The van der Waals surface area contributed by atoms with Gasteiger partial charge in [0.1, 0.15) is 0 Å². The highest BCUT2D eigenvalue weighted by Gasteiger charge is 2.16. The van der Waals surface area contributed by atoms with Crippen molar-refractivity contribution in [3.8, 4) is 0 Å². The van der Waals surface area contributed by atoms with Crippen LogP contribution in [0.2, 0.25) is 0 Å². The van der Waals surface area contributed by atoms with Crippen LogP contribution in [0.1, 0.15) is 122 Å². The standard InChI is InChI=1S/C23H49NO2/c1-2-3-4-5-6-7-8-9-10-11-12-13-14-15-16-17-23(24)22(18-20-25)19-21-26/h22-23,25-26H,2-21,24H2,1H3. The fraction of sp³-hybridized carbons (Fsp3) is 1.00. The zero-order valence-electron chi connectivity index (χ0n) is 17.8. The van der Waals surface area contributed by atoms with Crippen molar-refractivity contribution in [2.24, 2.45) is 11.7 Å². The smallest absolute Gasteiger partial charge is 0.0434 e. The Kier molecular flexibility index (Phi) is 21.1. The normalized spacial score (nSPS) is 12.8. The Bertz CT molecular complexity index is 255. The van der Waals surface area contributed by atoms with E-state index in [2.05, 4.69) is 6.92 Å². The van der Waals surface area contributed by atoms with E-state index in [1.54, 1.807) is 0 Å². The first-order valence-electron chi connectivity index (χ1n) is 11.7. The quantitative estimate of drug-likeness (QED) is 0.218. The first-order valence-corrected chi connectivity index (χ1v) is 11.7. The number of nitrogens with two attached hydrogens (primary N) is 1. The monoisotopic (exact) mass is 371 g/mol. The minimum Gasteiger partial charge on any atom is -0.396 e. The molecule has 1 atom stereocenters. The number of aliphatic hydroxyl groups is 2. The summed E-state index contributed by atoms with van der Waals surface area (Å²) in [7, 11) is 0. The highest BCUT2D eigenvalue weighted by Crippen LogP contribution is 2.18. The van der Waals surface area contributed by atoms with Gasteiger partial charge in [-0.2, -0.15) is 0 Å². The highest BCUT2D eigenvalue weighted by atomic mass is 16.3. The SMILES string of the molecule is CCCCCCCCCCCCCCCCCC(N)C(CCO)CCO. The van der Waals surface area contributed by atoms with Crippen LogP contribution in [-0.2, 0) is 0 Å². The van der Waals surface area contributed by atoms with Gasteiger partial charge in [-0.3, -0.25) is 0 Å². The number of aliphatic hydroxyl groups excluding tert-OH is 2. The van der Waals surface area contributed by atoms with Gasteiger partial charge >= 0.3 is 0 Å². The van der Waals surface area contributed by atoms with Crippen LogP contribution in [0.25, 0.3) is 0 Å². The first kappa shape index (κ1) is 25.9. The second-order valence-electron chi connectivity index (χ2n) is 8.19. The Morgan fingerprint density at radius 3 is 1.23 bits per heavy atom. The summed E-state index contributed by atoms with van der Waals surface area (Å²) in [6, 6.07) is 0.135. The molecule has 0 fully saturated rings. The molecule has 3 heteroatoms. The molecule has 0 saturated carbocycles. The van der Waals surface area contributed by atoms with Gasteiger partial charge in [-0.1, -0.05) is 103 Å². The molecule has 0 aromatic rings. The molecule has 3 nitrogen and oxygen atoms in total. The molecule has 26 heavy (non-hydrogen) atoms. The second-order valence-corrected chi connectivity index (χ2v) is 8.19. The van der Waals surface area contributed by atoms with Crippen molar-refractivity contribution in [1.82, 2.24) is 0 Å². The molecule has 0 aliphatic rings. The average Bonchev–Trinajstić information content (AvgIpc) is 2.64. The van der Waals surface area contributed by atoms with Crippen molar-refractivity contribution >= 4 is 0 Å². The summed E-state index contributed by atoms with van der Waals surface area (Å²) in [4.78, 5) is 0. The van der Waals surface area contributed by atoms with Gasteiger partial charge in [-0.25, -0.2) is 0 Å². The lowest BCUT2D eigenvalue weighted by Crippen LogP contribution is -2.31. The van der Waals surface area contributed by atoms with Crippen molar-refractivity contribution in [3.63, 3.8) is 0 Å². The second kappa shape index (κ2) is 21.2. The third-order valence-electron chi connectivity index (χ3n) is 5.75. The van der Waals surface area contributed by atoms with Crippen molar-refractivity contribution in [2.45, 2.75) is 129 Å². The molecule has 0 heterocycles. The van der Waals surface area contributed by atoms with Crippen LogP contribution in [-0.4, -0.2) is 29.5 Å². The highest BCUT2D eigenvalue weighted by molar-refractivity contribution is 4.72. The first-order chi connectivity index (χ1) is 12.8. The Morgan fingerprint density at radius 2 is 0.885 bits per heavy atom. The fourth-order valence-corrected chi connectivity index (χ4v) is 3.89. The van der Waals surface area contributed by atoms with Crippen molar-refractivity contribution in [1.29, 1.82) is 0 Å². The van der Waals surface area contributed by atoms with Gasteiger partial charge in [0.15, 0.2) is 0 Å². The van der Waals surface area contributed by atoms with E-state index in [1.807, 2.05) is 0 Å². The summed E-state index contributed by atoms with van der Waals surface area (Å²) in [5.41, 5.74) is 6.22. The van der Waals surface area contributed by atoms with Crippen LogP contribution in [0.15, 0.2) is 0 Å². The Morgan fingerprint density at radius 1 is 0.538 bits per heavy atom. The van der Waals surface area contributed by atoms with Crippen LogP contribution in [0.3, 0.4) is 0 Å². The summed E-state index contributed by atoms with van der Waals surface area (Å²) in [5.74, 6) is 0.275. The van der Waals surface area contributed by atoms with Gasteiger partial charge in [0.2, 0.25) is 0 Å². The lowest BCUT2D eigenvalue weighted by Gasteiger charge is -2.22. The van der Waals surface area contributed by atoms with E-state index in [0.717, 1.165) is 19.3 Å². The van der Waals surface area contributed by atoms with E-state index in [9.17, 15) is 0 Å². The van der Waals surface area contributed by atoms with E-state index in [-0.39, 0.29) is 25.2 Å². The third kappa shape index (κ3) is 17.3. The summed E-state index contributed by atoms with van der Waals surface area (Å²) in [5, 5.41) is 18.2. The third-order valence-corrected chi connectivity index (χ3v) is 5.75. The van der Waals surface area contributed by atoms with E-state index < -0.39 is 0 Å². The van der Waals surface area contributed by atoms with Gasteiger partial charge in [0, 0.05) is 19.3 Å². The number of unbranched alkanes of at least 4 members (excludes halogenated alkanes) is 14. The lowest BCUT2D eigenvalue weighted by atomic mass is 9.90. The molecule has 0 aliphatic heterocycles. The molecule has 0 amide bonds. The molecular formula is C23H49NO2. The Balaban J connectivity index is 3.28. The summed E-state index contributed by atoms with van der Waals surface area (Å²) in [6.45, 7) is 2.64. The molecule has 0 saturated heterocycles. The molecule has 0 bridgehead atoms. The molecule has 0 aromatic carbocycles. The van der Waals surface area contributed by atoms with Gasteiger partial charge in [0.05, 0.1) is 0 Å². The van der Waals surface area contributed by atoms with Crippen LogP contribution >= 0.6 is 0 Å². The van der Waals surface area contributed by atoms with Gasteiger partial charge in [0.25, 0.3) is 0 Å². The van der Waals surface area contributed by atoms with Gasteiger partial charge in [-0.05, 0) is 25.2 Å². The van der Waals surface area contributed by atoms with E-state index in [1.165, 1.54) is 96.3 Å². The molecule has 4 N–H and O–H groups in total. The largest absolute Gasteiger partial charge is 0.396 e. The maximum atomic E-state index is 9.08. The fourth-order valence-electron chi connectivity index (χ4n) is 3.89. The zero-order valence-corrected chi connectivity index (χ0v) is 17.8. The zero-order chi connectivity index (χ0) is 19.3. The number of hydrogen-bond donors (Lipinski definition) is 3. The molecule has 0 spiro atoms. The maximum Gasteiger partial charge on any atom is 0.0434 e. The summed E-state index contributed by atoms with van der Waals surface area (Å²) >= 11 is 0. The predicted molar refractivity (Wildman–Crippen MR) is 114 cm³/mol. The van der Waals surface area contributed by atoms with Crippen LogP contribution in [0, 0.1) is 5.92 Å². The minimum absolute atomic E-state index is 0.135. The van der Waals surface area contributed by atoms with Gasteiger partial charge < -0.3 is 15.9 Å². The summed E-state index contributed by atoms with van der Waals surface area (Å²) in [6.07, 6.45) is 23.2. The minimum atomic E-state index is 0.135.